The van der Waals surface area contributed by atoms with Gasteiger partial charge < -0.3 is 10.6 Å². The maximum absolute atomic E-state index is 13.8. The topological polar surface area (TPSA) is 69.8 Å². The van der Waals surface area contributed by atoms with Gasteiger partial charge in [0.05, 0.1) is 6.04 Å². The summed E-state index contributed by atoms with van der Waals surface area (Å²) in [6.07, 6.45) is 0.781. The molecule has 1 amide bonds. The highest BCUT2D eigenvalue weighted by molar-refractivity contribution is 5.94. The number of nitrogens with one attached hydrogen (secondary N) is 3. The van der Waals surface area contributed by atoms with Crippen molar-refractivity contribution in [3.63, 3.8) is 0 Å². The number of aromatic nitrogens is 2. The summed E-state index contributed by atoms with van der Waals surface area (Å²) in [6.45, 7) is 3.01. The number of fused-ring (bicyclic) bond motifs is 1. The third-order valence-electron chi connectivity index (χ3n) is 3.82. The van der Waals surface area contributed by atoms with Crippen molar-refractivity contribution in [3.05, 3.63) is 52.3 Å². The van der Waals surface area contributed by atoms with Crippen LogP contribution in [-0.2, 0) is 13.0 Å². The molecule has 22 heavy (non-hydrogen) atoms. The largest absolute Gasteiger partial charge is 0.344 e. The maximum atomic E-state index is 13.8. The van der Waals surface area contributed by atoms with E-state index in [-0.39, 0.29) is 5.56 Å². The minimum atomic E-state index is -0.943. The molecular weight excluding hydrogens is 290 g/mol. The fourth-order valence-corrected chi connectivity index (χ4v) is 2.61. The van der Waals surface area contributed by atoms with Crippen molar-refractivity contribution in [1.29, 1.82) is 0 Å². The average molecular weight is 306 g/mol. The predicted molar refractivity (Wildman–Crippen MR) is 76.2 cm³/mol. The maximum Gasteiger partial charge on any atom is 0.272 e. The second-order valence-corrected chi connectivity index (χ2v) is 5.29. The van der Waals surface area contributed by atoms with E-state index in [0.717, 1.165) is 30.3 Å². The predicted octanol–water partition coefficient (Wildman–Crippen LogP) is 1.82. The molecule has 0 saturated heterocycles. The van der Waals surface area contributed by atoms with Crippen molar-refractivity contribution >= 4 is 5.91 Å². The van der Waals surface area contributed by atoms with Crippen LogP contribution in [0.15, 0.2) is 18.2 Å². The lowest BCUT2D eigenvalue weighted by Crippen LogP contribution is -2.30. The second-order valence-electron chi connectivity index (χ2n) is 5.29. The SMILES string of the molecule is CC(NC(=O)c1n[nH]c2c1CNCC2)c1cccc(F)c1F. The van der Waals surface area contributed by atoms with Gasteiger partial charge in [0, 0.05) is 36.3 Å². The lowest BCUT2D eigenvalue weighted by atomic mass is 10.1. The van der Waals surface area contributed by atoms with Crippen molar-refractivity contribution < 1.29 is 13.6 Å². The number of halogens is 2. The van der Waals surface area contributed by atoms with Crippen LogP contribution in [0.5, 0.6) is 0 Å². The Hall–Kier alpha value is -2.28. The smallest absolute Gasteiger partial charge is 0.272 e. The lowest BCUT2D eigenvalue weighted by Gasteiger charge is -2.16. The average Bonchev–Trinajstić information content (AvgIpc) is 2.94. The minimum absolute atomic E-state index is 0.107. The molecule has 3 N–H and O–H groups in total. The van der Waals surface area contributed by atoms with E-state index < -0.39 is 23.6 Å². The Kier molecular flexibility index (Phi) is 3.89. The van der Waals surface area contributed by atoms with E-state index >= 15 is 0 Å². The van der Waals surface area contributed by atoms with E-state index in [1.54, 1.807) is 6.92 Å². The summed E-state index contributed by atoms with van der Waals surface area (Å²) in [5.74, 6) is -2.28. The van der Waals surface area contributed by atoms with Gasteiger partial charge >= 0.3 is 0 Å². The molecule has 3 rings (SSSR count). The van der Waals surface area contributed by atoms with Crippen LogP contribution in [0.2, 0.25) is 0 Å². The number of benzene rings is 1. The first-order valence-electron chi connectivity index (χ1n) is 7.09. The number of amides is 1. The summed E-state index contributed by atoms with van der Waals surface area (Å²) < 4.78 is 27.0. The highest BCUT2D eigenvalue weighted by Crippen LogP contribution is 2.20. The Morgan fingerprint density at radius 1 is 1.41 bits per heavy atom. The summed E-state index contributed by atoms with van der Waals surface area (Å²) >= 11 is 0. The van der Waals surface area contributed by atoms with Gasteiger partial charge in [-0.3, -0.25) is 9.89 Å². The first-order valence-corrected chi connectivity index (χ1v) is 7.09. The summed E-state index contributed by atoms with van der Waals surface area (Å²) in [6, 6.07) is 3.25. The Bertz CT molecular complexity index is 714. The molecule has 2 heterocycles. The van der Waals surface area contributed by atoms with E-state index in [1.165, 1.54) is 12.1 Å². The Labute approximate surface area is 126 Å². The monoisotopic (exact) mass is 306 g/mol. The standard InChI is InChI=1S/C15H16F2N4O/c1-8(9-3-2-4-11(16)13(9)17)19-15(22)14-10-7-18-6-5-12(10)20-21-14/h2-4,8,18H,5-7H2,1H3,(H,19,22)(H,20,21). The molecule has 7 heteroatoms. The van der Waals surface area contributed by atoms with Crippen LogP contribution >= 0.6 is 0 Å². The molecule has 0 spiro atoms. The molecular formula is C15H16F2N4O. The Morgan fingerprint density at radius 3 is 3.05 bits per heavy atom. The molecule has 1 aliphatic heterocycles. The minimum Gasteiger partial charge on any atom is -0.344 e. The zero-order valence-electron chi connectivity index (χ0n) is 12.0. The molecule has 1 aromatic heterocycles. The first-order chi connectivity index (χ1) is 10.6. The van der Waals surface area contributed by atoms with Gasteiger partial charge in [-0.15, -0.1) is 0 Å². The van der Waals surface area contributed by atoms with Gasteiger partial charge in [-0.1, -0.05) is 12.1 Å². The molecule has 1 aromatic carbocycles. The van der Waals surface area contributed by atoms with Crippen LogP contribution < -0.4 is 10.6 Å². The quantitative estimate of drug-likeness (QED) is 0.810. The van der Waals surface area contributed by atoms with E-state index in [1.807, 2.05) is 0 Å². The van der Waals surface area contributed by atoms with Gasteiger partial charge in [0.15, 0.2) is 17.3 Å². The van der Waals surface area contributed by atoms with Crippen LogP contribution in [0.25, 0.3) is 0 Å². The zero-order valence-corrected chi connectivity index (χ0v) is 12.0. The zero-order chi connectivity index (χ0) is 15.7. The van der Waals surface area contributed by atoms with Gasteiger partial charge in [-0.2, -0.15) is 5.10 Å². The first kappa shape index (κ1) is 14.6. The van der Waals surface area contributed by atoms with Crippen molar-refractivity contribution in [2.75, 3.05) is 6.54 Å². The molecule has 0 aliphatic carbocycles. The van der Waals surface area contributed by atoms with Crippen molar-refractivity contribution in [2.45, 2.75) is 25.9 Å². The fraction of sp³-hybridized carbons (Fsp3) is 0.333. The number of rotatable bonds is 3. The number of carbonyl (C=O) groups is 1. The number of aromatic amines is 1. The van der Waals surface area contributed by atoms with Crippen molar-refractivity contribution in [1.82, 2.24) is 20.8 Å². The lowest BCUT2D eigenvalue weighted by molar-refractivity contribution is 0.0933. The highest BCUT2D eigenvalue weighted by atomic mass is 19.2. The van der Waals surface area contributed by atoms with E-state index in [0.29, 0.717) is 12.2 Å². The fourth-order valence-electron chi connectivity index (χ4n) is 2.61. The van der Waals surface area contributed by atoms with E-state index in [4.69, 9.17) is 0 Å². The van der Waals surface area contributed by atoms with Crippen molar-refractivity contribution in [3.8, 4) is 0 Å². The summed E-state index contributed by atoms with van der Waals surface area (Å²) in [5, 5.41) is 12.7. The Balaban J connectivity index is 1.79. The summed E-state index contributed by atoms with van der Waals surface area (Å²) in [7, 11) is 0. The summed E-state index contributed by atoms with van der Waals surface area (Å²) in [5.41, 5.74) is 2.17. The van der Waals surface area contributed by atoms with Gasteiger partial charge in [0.25, 0.3) is 5.91 Å². The molecule has 0 saturated carbocycles. The van der Waals surface area contributed by atoms with E-state index in [2.05, 4.69) is 20.8 Å². The van der Waals surface area contributed by atoms with Crippen LogP contribution in [0.1, 0.15) is 40.3 Å². The second kappa shape index (κ2) is 5.84. The molecule has 0 fully saturated rings. The molecule has 0 bridgehead atoms. The number of hydrogen-bond acceptors (Lipinski definition) is 3. The number of carbonyl (C=O) groups excluding carboxylic acids is 1. The van der Waals surface area contributed by atoms with Crippen LogP contribution in [0.3, 0.4) is 0 Å². The number of nitrogens with zero attached hydrogens (tertiary/aromatic N) is 1. The molecule has 0 radical (unpaired) electrons. The molecule has 1 unspecified atom stereocenters. The number of hydrogen-bond donors (Lipinski definition) is 3. The number of H-pyrrole nitrogens is 1. The molecule has 1 aliphatic rings. The van der Waals surface area contributed by atoms with Crippen LogP contribution in [-0.4, -0.2) is 22.6 Å². The third-order valence-corrected chi connectivity index (χ3v) is 3.82. The van der Waals surface area contributed by atoms with Gasteiger partial charge in [0.1, 0.15) is 0 Å². The van der Waals surface area contributed by atoms with Crippen LogP contribution in [0, 0.1) is 11.6 Å². The molecule has 5 nitrogen and oxygen atoms in total. The summed E-state index contributed by atoms with van der Waals surface area (Å²) in [4.78, 5) is 12.3. The third kappa shape index (κ3) is 2.59. The van der Waals surface area contributed by atoms with E-state index in [9.17, 15) is 13.6 Å². The molecule has 116 valence electrons. The normalized spacial score (nSPS) is 15.2. The van der Waals surface area contributed by atoms with Gasteiger partial charge in [-0.05, 0) is 13.0 Å². The Morgan fingerprint density at radius 2 is 2.23 bits per heavy atom. The van der Waals surface area contributed by atoms with Gasteiger partial charge in [0.2, 0.25) is 0 Å². The highest BCUT2D eigenvalue weighted by Gasteiger charge is 2.23. The van der Waals surface area contributed by atoms with Crippen molar-refractivity contribution in [2.24, 2.45) is 0 Å². The van der Waals surface area contributed by atoms with Crippen LogP contribution in [0.4, 0.5) is 8.78 Å². The molecule has 1 atom stereocenters. The molecule has 2 aromatic rings. The van der Waals surface area contributed by atoms with Gasteiger partial charge in [-0.25, -0.2) is 8.78 Å².